The van der Waals surface area contributed by atoms with Gasteiger partial charge in [0.15, 0.2) is 0 Å². The molecule has 0 radical (unpaired) electrons. The van der Waals surface area contributed by atoms with Crippen LogP contribution in [0.1, 0.15) is 49.9 Å². The van der Waals surface area contributed by atoms with Crippen LogP contribution in [0.25, 0.3) is 0 Å². The minimum Gasteiger partial charge on any atom is -0.395 e. The quantitative estimate of drug-likeness (QED) is 0.464. The van der Waals surface area contributed by atoms with Crippen molar-refractivity contribution in [3.05, 3.63) is 42.0 Å². The van der Waals surface area contributed by atoms with Crippen molar-refractivity contribution >= 4 is 38.9 Å². The van der Waals surface area contributed by atoms with Crippen molar-refractivity contribution in [3.8, 4) is 0 Å². The van der Waals surface area contributed by atoms with E-state index in [0.29, 0.717) is 34.8 Å². The first-order valence-corrected chi connectivity index (χ1v) is 14.9. The molecule has 1 spiro atoms. The molecule has 2 saturated heterocycles. The number of ether oxygens (including phenoxy) is 1. The van der Waals surface area contributed by atoms with Crippen LogP contribution in [0.3, 0.4) is 0 Å². The van der Waals surface area contributed by atoms with Gasteiger partial charge in [-0.25, -0.2) is 13.4 Å². The van der Waals surface area contributed by atoms with Gasteiger partial charge in [0.05, 0.1) is 36.3 Å². The van der Waals surface area contributed by atoms with E-state index in [1.807, 2.05) is 19.1 Å². The zero-order valence-electron chi connectivity index (χ0n) is 22.0. The summed E-state index contributed by atoms with van der Waals surface area (Å²) in [7, 11) is -3.76. The third kappa shape index (κ3) is 5.89. The largest absolute Gasteiger partial charge is 0.395 e. The second kappa shape index (κ2) is 10.7. The maximum absolute atomic E-state index is 13.5. The highest BCUT2D eigenvalue weighted by Gasteiger charge is 2.44. The first-order valence-electron chi connectivity index (χ1n) is 13.3. The van der Waals surface area contributed by atoms with Crippen molar-refractivity contribution in [1.29, 1.82) is 0 Å². The van der Waals surface area contributed by atoms with Crippen LogP contribution in [0, 0.1) is 5.41 Å². The van der Waals surface area contributed by atoms with Gasteiger partial charge in [0, 0.05) is 26.2 Å². The van der Waals surface area contributed by atoms with E-state index in [0.717, 1.165) is 44.8 Å². The smallest absolute Gasteiger partial charge is 0.258 e. The van der Waals surface area contributed by atoms with Gasteiger partial charge >= 0.3 is 0 Å². The van der Waals surface area contributed by atoms with Gasteiger partial charge in [-0.05, 0) is 75.3 Å². The number of aliphatic hydroxyl groups is 1. The number of nitrogens with zero attached hydrogens (tertiary/aromatic N) is 3. The lowest BCUT2D eigenvalue weighted by atomic mass is 9.93. The lowest BCUT2D eigenvalue weighted by molar-refractivity contribution is 0.0529. The third-order valence-electron chi connectivity index (χ3n) is 7.95. The molecule has 0 unspecified atom stereocenters. The summed E-state index contributed by atoms with van der Waals surface area (Å²) in [4.78, 5) is 22.5. The molecule has 3 heterocycles. The lowest BCUT2D eigenvalue weighted by Crippen LogP contribution is -2.41. The van der Waals surface area contributed by atoms with E-state index in [1.165, 1.54) is 19.8 Å². The number of carbonyl (C=O) groups excluding carboxylic acids is 1. The third-order valence-corrected chi connectivity index (χ3v) is 9.68. The number of amides is 1. The standard InChI is InChI=1S/C27H37N5O5S/c1-19-17-32(14-15-37-19)25-5-3-4-24(28-25)29-26(34)22-7-6-21(30-38(35,36)20(2)18-33)16-23(22)31-12-10-27(8-9-27)11-13-31/h3-7,16,19-20,30,33H,8-15,17-18H2,1-2H3,(H,28,29,34)/t19-,20-/m1/s1. The molecule has 1 aromatic carbocycles. The van der Waals surface area contributed by atoms with Gasteiger partial charge in [-0.15, -0.1) is 0 Å². The number of benzene rings is 1. The number of aromatic nitrogens is 1. The van der Waals surface area contributed by atoms with Gasteiger partial charge in [0.25, 0.3) is 5.91 Å². The van der Waals surface area contributed by atoms with Crippen molar-refractivity contribution in [3.63, 3.8) is 0 Å². The second-order valence-electron chi connectivity index (χ2n) is 10.8. The number of piperidine rings is 1. The van der Waals surface area contributed by atoms with Gasteiger partial charge in [0.2, 0.25) is 10.0 Å². The van der Waals surface area contributed by atoms with Gasteiger partial charge in [0.1, 0.15) is 16.9 Å². The maximum Gasteiger partial charge on any atom is 0.258 e. The molecule has 1 aliphatic carbocycles. The van der Waals surface area contributed by atoms with Crippen LogP contribution in [0.15, 0.2) is 36.4 Å². The molecule has 206 valence electrons. The van der Waals surface area contributed by atoms with Crippen LogP contribution < -0.4 is 19.8 Å². The molecule has 3 fully saturated rings. The zero-order chi connectivity index (χ0) is 26.9. The normalized spacial score (nSPS) is 21.7. The number of rotatable bonds is 8. The SMILES string of the molecule is C[C@@H]1CN(c2cccc(NC(=O)c3ccc(NS(=O)(=O)[C@H](C)CO)cc3N3CCC4(CC3)CC4)n2)CCO1. The van der Waals surface area contributed by atoms with Crippen LogP contribution >= 0.6 is 0 Å². The van der Waals surface area contributed by atoms with Crippen molar-refractivity contribution < 1.29 is 23.1 Å². The fraction of sp³-hybridized carbons (Fsp3) is 0.556. The Balaban J connectivity index is 1.39. The first kappa shape index (κ1) is 26.7. The number of hydrogen-bond donors (Lipinski definition) is 3. The number of carbonyl (C=O) groups is 1. The number of morpholine rings is 1. The van der Waals surface area contributed by atoms with Crippen LogP contribution in [0.5, 0.6) is 0 Å². The monoisotopic (exact) mass is 543 g/mol. The van der Waals surface area contributed by atoms with Crippen LogP contribution in [-0.4, -0.2) is 75.2 Å². The van der Waals surface area contributed by atoms with Crippen molar-refractivity contribution in [1.82, 2.24) is 4.98 Å². The highest BCUT2D eigenvalue weighted by atomic mass is 32.2. The molecule has 3 N–H and O–H groups in total. The molecule has 38 heavy (non-hydrogen) atoms. The number of hydrogen-bond acceptors (Lipinski definition) is 8. The summed E-state index contributed by atoms with van der Waals surface area (Å²) in [5, 5.41) is 11.3. The molecular weight excluding hydrogens is 506 g/mol. The summed E-state index contributed by atoms with van der Waals surface area (Å²) in [6.07, 6.45) is 4.76. The molecule has 1 amide bonds. The van der Waals surface area contributed by atoms with Gasteiger partial charge in [-0.3, -0.25) is 9.52 Å². The predicted octanol–water partition coefficient (Wildman–Crippen LogP) is 3.06. The van der Waals surface area contributed by atoms with Gasteiger partial charge < -0.3 is 25.0 Å². The average molecular weight is 544 g/mol. The van der Waals surface area contributed by atoms with Crippen molar-refractivity contribution in [2.75, 3.05) is 59.2 Å². The van der Waals surface area contributed by atoms with Crippen molar-refractivity contribution in [2.45, 2.75) is 50.9 Å². The Bertz CT molecular complexity index is 1270. The topological polar surface area (TPSA) is 124 Å². The maximum atomic E-state index is 13.5. The fourth-order valence-electron chi connectivity index (χ4n) is 5.19. The Morgan fingerprint density at radius 2 is 1.92 bits per heavy atom. The van der Waals surface area contributed by atoms with Crippen LogP contribution in [0.4, 0.5) is 23.0 Å². The Labute approximate surface area is 224 Å². The van der Waals surface area contributed by atoms with Crippen molar-refractivity contribution in [2.24, 2.45) is 5.41 Å². The van der Waals surface area contributed by atoms with E-state index in [9.17, 15) is 18.3 Å². The van der Waals surface area contributed by atoms with E-state index in [2.05, 4.69) is 24.8 Å². The predicted molar refractivity (Wildman–Crippen MR) is 148 cm³/mol. The summed E-state index contributed by atoms with van der Waals surface area (Å²) >= 11 is 0. The summed E-state index contributed by atoms with van der Waals surface area (Å²) in [5.41, 5.74) is 1.97. The number of aliphatic hydroxyl groups excluding tert-OH is 1. The van der Waals surface area contributed by atoms with E-state index in [4.69, 9.17) is 4.74 Å². The average Bonchev–Trinajstić information content (AvgIpc) is 3.67. The molecule has 11 heteroatoms. The van der Waals surface area contributed by atoms with Crippen LogP contribution in [0.2, 0.25) is 0 Å². The van der Waals surface area contributed by atoms with Gasteiger partial charge in [-0.2, -0.15) is 0 Å². The fourth-order valence-corrected chi connectivity index (χ4v) is 6.04. The first-order chi connectivity index (χ1) is 18.2. The highest BCUT2D eigenvalue weighted by Crippen LogP contribution is 2.54. The Hall–Kier alpha value is -2.89. The number of pyridine rings is 1. The number of nitrogens with one attached hydrogen (secondary N) is 2. The summed E-state index contributed by atoms with van der Waals surface area (Å²) in [6.45, 7) is 6.72. The summed E-state index contributed by atoms with van der Waals surface area (Å²) in [6, 6.07) is 10.5. The van der Waals surface area contributed by atoms with E-state index in [-0.39, 0.29) is 12.0 Å². The number of sulfonamides is 1. The molecule has 2 aromatic rings. The highest BCUT2D eigenvalue weighted by molar-refractivity contribution is 7.93. The van der Waals surface area contributed by atoms with Gasteiger partial charge in [-0.1, -0.05) is 6.07 Å². The minimum atomic E-state index is -3.76. The molecule has 0 bridgehead atoms. The molecule has 2 aliphatic heterocycles. The molecule has 2 atom stereocenters. The summed E-state index contributed by atoms with van der Waals surface area (Å²) in [5.74, 6) is 0.936. The Morgan fingerprint density at radius 1 is 1.16 bits per heavy atom. The number of anilines is 4. The Kier molecular flexibility index (Phi) is 7.52. The Morgan fingerprint density at radius 3 is 2.61 bits per heavy atom. The van der Waals surface area contributed by atoms with E-state index < -0.39 is 21.9 Å². The van der Waals surface area contributed by atoms with E-state index in [1.54, 1.807) is 24.3 Å². The second-order valence-corrected chi connectivity index (χ2v) is 12.9. The molecule has 3 aliphatic rings. The molecule has 1 aromatic heterocycles. The zero-order valence-corrected chi connectivity index (χ0v) is 22.8. The minimum absolute atomic E-state index is 0.113. The van der Waals surface area contributed by atoms with Crippen LogP contribution in [-0.2, 0) is 14.8 Å². The lowest BCUT2D eigenvalue weighted by Gasteiger charge is -2.35. The molecule has 10 nitrogen and oxygen atoms in total. The molecule has 1 saturated carbocycles. The summed E-state index contributed by atoms with van der Waals surface area (Å²) < 4.78 is 33.3. The molecule has 5 rings (SSSR count). The molecular formula is C27H37N5O5S. The van der Waals surface area contributed by atoms with E-state index >= 15 is 0 Å².